The minimum absolute atomic E-state index is 0.0213. The maximum atomic E-state index is 11.9. The van der Waals surface area contributed by atoms with Gasteiger partial charge in [0.05, 0.1) is 17.3 Å². The third kappa shape index (κ3) is 2.00. The Hall–Kier alpha value is -1.55. The molecule has 1 heterocycles. The lowest BCUT2D eigenvalue weighted by molar-refractivity contribution is -0.130. The summed E-state index contributed by atoms with van der Waals surface area (Å²) >= 11 is 6.18. The van der Waals surface area contributed by atoms with Crippen LogP contribution in [0.5, 0.6) is 0 Å². The van der Waals surface area contributed by atoms with Crippen molar-refractivity contribution < 1.29 is 9.59 Å². The Morgan fingerprint density at radius 3 is 2.82 bits per heavy atom. The number of halogens is 1. The molecule has 17 heavy (non-hydrogen) atoms. The van der Waals surface area contributed by atoms with Crippen molar-refractivity contribution in [3.05, 3.63) is 28.8 Å². The fraction of sp³-hybridized carbons (Fsp3) is 0.333. The fourth-order valence-electron chi connectivity index (χ4n) is 1.89. The first-order valence-corrected chi connectivity index (χ1v) is 5.75. The minimum Gasteiger partial charge on any atom is -0.345 e. The molecule has 2 amide bonds. The Morgan fingerprint density at radius 1 is 1.41 bits per heavy atom. The monoisotopic (exact) mass is 252 g/mol. The molecule has 0 bridgehead atoms. The van der Waals surface area contributed by atoms with Crippen LogP contribution in [0, 0.1) is 6.92 Å². The molecule has 1 atom stereocenters. The third-order valence-electron chi connectivity index (χ3n) is 2.88. The van der Waals surface area contributed by atoms with E-state index in [1.165, 1.54) is 4.90 Å². The van der Waals surface area contributed by atoms with Crippen molar-refractivity contribution in [3.8, 4) is 0 Å². The van der Waals surface area contributed by atoms with Gasteiger partial charge in [-0.1, -0.05) is 23.7 Å². The summed E-state index contributed by atoms with van der Waals surface area (Å²) < 4.78 is 0. The quantitative estimate of drug-likeness (QED) is 0.824. The van der Waals surface area contributed by atoms with E-state index in [1.807, 2.05) is 19.1 Å². The first-order chi connectivity index (χ1) is 8.02. The van der Waals surface area contributed by atoms with Gasteiger partial charge in [-0.2, -0.15) is 0 Å². The first kappa shape index (κ1) is 11.9. The van der Waals surface area contributed by atoms with Gasteiger partial charge in [0.1, 0.15) is 6.04 Å². The molecule has 1 saturated heterocycles. The topological polar surface area (TPSA) is 49.4 Å². The number of hydrogen-bond donors (Lipinski definition) is 1. The SMILES string of the molecule is Cc1cccc(N2C(=O)CNC(=O)C2C)c1Cl. The third-order valence-corrected chi connectivity index (χ3v) is 3.37. The van der Waals surface area contributed by atoms with E-state index >= 15 is 0 Å². The Balaban J connectivity index is 2.47. The van der Waals surface area contributed by atoms with E-state index in [2.05, 4.69) is 5.32 Å². The second-order valence-corrected chi connectivity index (χ2v) is 4.44. The van der Waals surface area contributed by atoms with Crippen molar-refractivity contribution >= 4 is 29.1 Å². The van der Waals surface area contributed by atoms with Crippen LogP contribution in [0.2, 0.25) is 5.02 Å². The van der Waals surface area contributed by atoms with Crippen molar-refractivity contribution in [2.45, 2.75) is 19.9 Å². The summed E-state index contributed by atoms with van der Waals surface area (Å²) in [7, 11) is 0. The molecule has 1 fully saturated rings. The maximum Gasteiger partial charge on any atom is 0.247 e. The minimum atomic E-state index is -0.532. The van der Waals surface area contributed by atoms with Gasteiger partial charge in [-0.15, -0.1) is 0 Å². The summed E-state index contributed by atoms with van der Waals surface area (Å²) in [6.07, 6.45) is 0. The molecule has 5 heteroatoms. The van der Waals surface area contributed by atoms with Gasteiger partial charge in [0.15, 0.2) is 0 Å². The summed E-state index contributed by atoms with van der Waals surface area (Å²) in [5.41, 5.74) is 1.48. The van der Waals surface area contributed by atoms with Gasteiger partial charge in [0, 0.05) is 0 Å². The number of nitrogens with one attached hydrogen (secondary N) is 1. The number of carbonyl (C=O) groups is 2. The average Bonchev–Trinajstić information content (AvgIpc) is 2.30. The number of nitrogens with zero attached hydrogens (tertiary/aromatic N) is 1. The van der Waals surface area contributed by atoms with Gasteiger partial charge >= 0.3 is 0 Å². The zero-order valence-electron chi connectivity index (χ0n) is 9.66. The molecule has 1 N–H and O–H groups in total. The van der Waals surface area contributed by atoms with Crippen molar-refractivity contribution in [3.63, 3.8) is 0 Å². The Morgan fingerprint density at radius 2 is 2.12 bits per heavy atom. The predicted molar refractivity (Wildman–Crippen MR) is 66.1 cm³/mol. The van der Waals surface area contributed by atoms with Crippen molar-refractivity contribution in [1.29, 1.82) is 0 Å². The summed E-state index contributed by atoms with van der Waals surface area (Å²) in [4.78, 5) is 24.9. The molecule has 1 unspecified atom stereocenters. The number of aryl methyl sites for hydroxylation is 1. The molecule has 90 valence electrons. The molecule has 1 aliphatic rings. The van der Waals surface area contributed by atoms with Crippen LogP contribution in [0.25, 0.3) is 0 Å². The lowest BCUT2D eigenvalue weighted by Gasteiger charge is -2.33. The summed E-state index contributed by atoms with van der Waals surface area (Å²) in [6.45, 7) is 3.57. The molecule has 2 rings (SSSR count). The Bertz CT molecular complexity index is 487. The highest BCUT2D eigenvalue weighted by molar-refractivity contribution is 6.34. The number of piperazine rings is 1. The molecule has 0 aliphatic carbocycles. The number of hydrogen-bond acceptors (Lipinski definition) is 2. The molecule has 1 aromatic rings. The highest BCUT2D eigenvalue weighted by Gasteiger charge is 2.33. The molecule has 0 saturated carbocycles. The molecule has 1 aliphatic heterocycles. The first-order valence-electron chi connectivity index (χ1n) is 5.37. The number of benzene rings is 1. The van der Waals surface area contributed by atoms with E-state index in [1.54, 1.807) is 13.0 Å². The normalized spacial score (nSPS) is 20.4. The number of anilines is 1. The van der Waals surface area contributed by atoms with Gasteiger partial charge < -0.3 is 5.32 Å². The maximum absolute atomic E-state index is 11.9. The van der Waals surface area contributed by atoms with Gasteiger partial charge in [-0.25, -0.2) is 0 Å². The predicted octanol–water partition coefficient (Wildman–Crippen LogP) is 1.50. The molecule has 1 aromatic carbocycles. The lowest BCUT2D eigenvalue weighted by Crippen LogP contribution is -2.57. The zero-order valence-corrected chi connectivity index (χ0v) is 10.4. The largest absolute Gasteiger partial charge is 0.345 e. The summed E-state index contributed by atoms with van der Waals surface area (Å²) in [5.74, 6) is -0.313. The molecular formula is C12H13ClN2O2. The van der Waals surface area contributed by atoms with Gasteiger partial charge in [-0.3, -0.25) is 14.5 Å². The molecule has 0 aromatic heterocycles. The van der Waals surface area contributed by atoms with Crippen LogP contribution < -0.4 is 10.2 Å². The van der Waals surface area contributed by atoms with E-state index < -0.39 is 6.04 Å². The second kappa shape index (κ2) is 4.37. The number of rotatable bonds is 1. The van der Waals surface area contributed by atoms with Crippen molar-refractivity contribution in [2.24, 2.45) is 0 Å². The van der Waals surface area contributed by atoms with Crippen LogP contribution in [0.1, 0.15) is 12.5 Å². The van der Waals surface area contributed by atoms with E-state index in [0.717, 1.165) is 5.56 Å². The molecule has 4 nitrogen and oxygen atoms in total. The highest BCUT2D eigenvalue weighted by Crippen LogP contribution is 2.30. The van der Waals surface area contributed by atoms with E-state index in [0.29, 0.717) is 10.7 Å². The van der Waals surface area contributed by atoms with Crippen LogP contribution in [-0.2, 0) is 9.59 Å². The van der Waals surface area contributed by atoms with Crippen LogP contribution >= 0.6 is 11.6 Å². The lowest BCUT2D eigenvalue weighted by atomic mass is 10.1. The second-order valence-electron chi connectivity index (χ2n) is 4.07. The van der Waals surface area contributed by atoms with E-state index in [9.17, 15) is 9.59 Å². The fourth-order valence-corrected chi connectivity index (χ4v) is 2.11. The van der Waals surface area contributed by atoms with E-state index in [4.69, 9.17) is 11.6 Å². The van der Waals surface area contributed by atoms with Crippen LogP contribution in [0.3, 0.4) is 0 Å². The van der Waals surface area contributed by atoms with Crippen LogP contribution in [0.4, 0.5) is 5.69 Å². The van der Waals surface area contributed by atoms with Crippen LogP contribution in [0.15, 0.2) is 18.2 Å². The van der Waals surface area contributed by atoms with Crippen molar-refractivity contribution in [1.82, 2.24) is 5.32 Å². The Labute approximate surface area is 105 Å². The van der Waals surface area contributed by atoms with Gasteiger partial charge in [0.25, 0.3) is 0 Å². The van der Waals surface area contributed by atoms with Crippen molar-refractivity contribution in [2.75, 3.05) is 11.4 Å². The molecule has 0 radical (unpaired) electrons. The van der Waals surface area contributed by atoms with Gasteiger partial charge in [0.2, 0.25) is 11.8 Å². The standard InChI is InChI=1S/C12H13ClN2O2/c1-7-4-3-5-9(11(7)13)15-8(2)12(17)14-6-10(15)16/h3-5,8H,6H2,1-2H3,(H,14,17). The molecule has 0 spiro atoms. The average molecular weight is 253 g/mol. The number of carbonyl (C=O) groups excluding carboxylic acids is 2. The van der Waals surface area contributed by atoms with E-state index in [-0.39, 0.29) is 18.4 Å². The highest BCUT2D eigenvalue weighted by atomic mass is 35.5. The number of amides is 2. The molecular weight excluding hydrogens is 240 g/mol. The summed E-state index contributed by atoms with van der Waals surface area (Å²) in [5, 5.41) is 3.06. The summed E-state index contributed by atoms with van der Waals surface area (Å²) in [6, 6.07) is 4.91. The smallest absolute Gasteiger partial charge is 0.247 e. The zero-order chi connectivity index (χ0) is 12.6. The Kier molecular flexibility index (Phi) is 3.07. The van der Waals surface area contributed by atoms with Gasteiger partial charge in [-0.05, 0) is 25.5 Å². The van der Waals surface area contributed by atoms with Crippen LogP contribution in [-0.4, -0.2) is 24.4 Å².